The first kappa shape index (κ1) is 15.0. The molecule has 0 bridgehead atoms. The third-order valence-corrected chi connectivity index (χ3v) is 2.83. The second-order valence-corrected chi connectivity index (χ2v) is 4.63. The molecule has 1 aromatic heterocycles. The molecule has 21 heavy (non-hydrogen) atoms. The van der Waals surface area contributed by atoms with E-state index < -0.39 is 0 Å². The van der Waals surface area contributed by atoms with Crippen LogP contribution in [0.4, 0.5) is 0 Å². The Labute approximate surface area is 127 Å². The van der Waals surface area contributed by atoms with Crippen LogP contribution in [0.15, 0.2) is 24.3 Å². The maximum atomic E-state index is 5.64. The third-order valence-electron chi connectivity index (χ3n) is 2.62. The highest BCUT2D eigenvalue weighted by Gasteiger charge is 2.09. The molecule has 0 aliphatic carbocycles. The number of ether oxygens (including phenoxy) is 3. The predicted molar refractivity (Wildman–Crippen MR) is 82.3 cm³/mol. The van der Waals surface area contributed by atoms with E-state index in [1.54, 1.807) is 38.5 Å². The second-order valence-electron chi connectivity index (χ2n) is 4.19. The molecule has 1 aromatic carbocycles. The summed E-state index contributed by atoms with van der Waals surface area (Å²) in [6.45, 7) is 1.81. The molecular formula is C14H15N3O3S. The minimum absolute atomic E-state index is 0.160. The molecule has 0 aliphatic heterocycles. The van der Waals surface area contributed by atoms with Crippen LogP contribution in [0.3, 0.4) is 0 Å². The molecule has 0 radical (unpaired) electrons. The molecule has 110 valence electrons. The molecule has 2 N–H and O–H groups in total. The Kier molecular flexibility index (Phi) is 4.54. The quantitative estimate of drug-likeness (QED) is 0.848. The van der Waals surface area contributed by atoms with Gasteiger partial charge in [0.1, 0.15) is 27.9 Å². The van der Waals surface area contributed by atoms with Gasteiger partial charge in [-0.3, -0.25) is 0 Å². The van der Waals surface area contributed by atoms with Gasteiger partial charge in [0, 0.05) is 23.9 Å². The first-order valence-electron chi connectivity index (χ1n) is 6.08. The summed E-state index contributed by atoms with van der Waals surface area (Å²) in [5.41, 5.74) is 6.75. The van der Waals surface area contributed by atoms with E-state index in [2.05, 4.69) is 9.97 Å². The molecule has 6 nitrogen and oxygen atoms in total. The Balaban J connectivity index is 2.35. The molecule has 0 atom stereocenters. The summed E-state index contributed by atoms with van der Waals surface area (Å²) in [6.07, 6.45) is 0. The zero-order valence-electron chi connectivity index (χ0n) is 11.9. The summed E-state index contributed by atoms with van der Waals surface area (Å²) in [6, 6.07) is 7.00. The van der Waals surface area contributed by atoms with Crippen molar-refractivity contribution >= 4 is 17.2 Å². The molecule has 1 heterocycles. The van der Waals surface area contributed by atoms with Gasteiger partial charge < -0.3 is 19.9 Å². The summed E-state index contributed by atoms with van der Waals surface area (Å²) >= 11 is 4.92. The lowest BCUT2D eigenvalue weighted by atomic mass is 10.3. The van der Waals surface area contributed by atoms with Crippen LogP contribution in [0, 0.1) is 6.92 Å². The lowest BCUT2D eigenvalue weighted by Crippen LogP contribution is -2.13. The van der Waals surface area contributed by atoms with E-state index >= 15 is 0 Å². The van der Waals surface area contributed by atoms with Crippen LogP contribution >= 0.6 is 12.2 Å². The number of aryl methyl sites for hydroxylation is 1. The number of thiocarbonyl (C=S) groups is 1. The van der Waals surface area contributed by atoms with E-state index in [1.807, 2.05) is 6.92 Å². The zero-order chi connectivity index (χ0) is 15.4. The minimum Gasteiger partial charge on any atom is -0.496 e. The highest BCUT2D eigenvalue weighted by molar-refractivity contribution is 7.80. The maximum absolute atomic E-state index is 5.64. The van der Waals surface area contributed by atoms with Gasteiger partial charge in [0.2, 0.25) is 0 Å². The highest BCUT2D eigenvalue weighted by Crippen LogP contribution is 2.29. The molecule has 2 aromatic rings. The summed E-state index contributed by atoms with van der Waals surface area (Å²) in [7, 11) is 3.12. The van der Waals surface area contributed by atoms with E-state index in [4.69, 9.17) is 32.2 Å². The fourth-order valence-corrected chi connectivity index (χ4v) is 1.76. The van der Waals surface area contributed by atoms with Crippen LogP contribution in [0.2, 0.25) is 0 Å². The predicted octanol–water partition coefficient (Wildman–Crippen LogP) is 2.23. The number of aromatic nitrogens is 2. The van der Waals surface area contributed by atoms with E-state index in [9.17, 15) is 0 Å². The van der Waals surface area contributed by atoms with Gasteiger partial charge in [0.05, 0.1) is 14.2 Å². The largest absolute Gasteiger partial charge is 0.496 e. The second kappa shape index (κ2) is 6.36. The van der Waals surface area contributed by atoms with Gasteiger partial charge in [-0.1, -0.05) is 12.2 Å². The number of rotatable bonds is 5. The molecule has 0 spiro atoms. The Bertz CT molecular complexity index is 654. The topological polar surface area (TPSA) is 79.5 Å². The van der Waals surface area contributed by atoms with E-state index in [1.165, 1.54) is 0 Å². The molecule has 2 rings (SSSR count). The molecule has 7 heteroatoms. The lowest BCUT2D eigenvalue weighted by Gasteiger charge is -2.10. The number of nitrogens with two attached hydrogens (primary N) is 1. The van der Waals surface area contributed by atoms with Gasteiger partial charge in [-0.25, -0.2) is 4.98 Å². The first-order valence-corrected chi connectivity index (χ1v) is 6.49. The van der Waals surface area contributed by atoms with Crippen molar-refractivity contribution in [2.45, 2.75) is 6.92 Å². The maximum Gasteiger partial charge on any atom is 0.322 e. The van der Waals surface area contributed by atoms with Crippen molar-refractivity contribution < 1.29 is 14.2 Å². The Morgan fingerprint density at radius 2 is 1.57 bits per heavy atom. The molecule has 0 amide bonds. The number of nitrogens with zero attached hydrogens (tertiary/aromatic N) is 2. The van der Waals surface area contributed by atoms with Crippen molar-refractivity contribution in [1.82, 2.24) is 9.97 Å². The van der Waals surface area contributed by atoms with Crippen LogP contribution in [-0.4, -0.2) is 29.2 Å². The number of hydrogen-bond donors (Lipinski definition) is 1. The van der Waals surface area contributed by atoms with Gasteiger partial charge in [0.15, 0.2) is 0 Å². The van der Waals surface area contributed by atoms with Gasteiger partial charge in [-0.15, -0.1) is 0 Å². The van der Waals surface area contributed by atoms with Crippen LogP contribution in [-0.2, 0) is 0 Å². The van der Waals surface area contributed by atoms with Crippen molar-refractivity contribution in [2.24, 2.45) is 5.73 Å². The molecule has 0 unspecified atom stereocenters. The van der Waals surface area contributed by atoms with Gasteiger partial charge >= 0.3 is 6.01 Å². The van der Waals surface area contributed by atoms with E-state index in [0.717, 1.165) is 0 Å². The van der Waals surface area contributed by atoms with Gasteiger partial charge in [-0.2, -0.15) is 4.98 Å². The minimum atomic E-state index is 0.160. The van der Waals surface area contributed by atoms with Crippen molar-refractivity contribution in [2.75, 3.05) is 14.2 Å². The van der Waals surface area contributed by atoms with Crippen molar-refractivity contribution in [3.05, 3.63) is 35.7 Å². The molecule has 0 saturated carbocycles. The molecule has 0 saturated heterocycles. The Hall–Kier alpha value is -2.41. The monoisotopic (exact) mass is 305 g/mol. The van der Waals surface area contributed by atoms with Crippen LogP contribution < -0.4 is 19.9 Å². The summed E-state index contributed by atoms with van der Waals surface area (Å²) in [5, 5.41) is 0. The van der Waals surface area contributed by atoms with Crippen molar-refractivity contribution in [1.29, 1.82) is 0 Å². The van der Waals surface area contributed by atoms with Crippen LogP contribution in [0.1, 0.15) is 11.4 Å². The number of methoxy groups -OCH3 is 2. The van der Waals surface area contributed by atoms with E-state index in [0.29, 0.717) is 28.6 Å². The molecular weight excluding hydrogens is 290 g/mol. The smallest absolute Gasteiger partial charge is 0.322 e. The van der Waals surface area contributed by atoms with Gasteiger partial charge in [0.25, 0.3) is 0 Å². The number of benzene rings is 1. The van der Waals surface area contributed by atoms with Crippen LogP contribution in [0.25, 0.3) is 0 Å². The van der Waals surface area contributed by atoms with Crippen molar-refractivity contribution in [3.63, 3.8) is 0 Å². The standard InChI is InChI=1S/C14H15N3O3S/c1-8-4-12(13(15)21)17-14(16-8)20-11-6-9(18-2)5-10(7-11)19-3/h4-7H,1-3H3,(H2,15,21). The van der Waals surface area contributed by atoms with E-state index in [-0.39, 0.29) is 11.0 Å². The SMILES string of the molecule is COc1cc(OC)cc(Oc2nc(C)cc(C(N)=S)n2)c1. The normalized spacial score (nSPS) is 10.0. The van der Waals surface area contributed by atoms with Gasteiger partial charge in [-0.05, 0) is 13.0 Å². The molecule has 0 aliphatic rings. The summed E-state index contributed by atoms with van der Waals surface area (Å²) < 4.78 is 16.0. The zero-order valence-corrected chi connectivity index (χ0v) is 12.7. The molecule has 0 fully saturated rings. The fourth-order valence-electron chi connectivity index (χ4n) is 1.66. The van der Waals surface area contributed by atoms with Crippen LogP contribution in [0.5, 0.6) is 23.3 Å². The average Bonchev–Trinajstić information content (AvgIpc) is 2.46. The summed E-state index contributed by atoms with van der Waals surface area (Å²) in [4.78, 5) is 8.54. The highest BCUT2D eigenvalue weighted by atomic mass is 32.1. The Morgan fingerprint density at radius 1 is 1.00 bits per heavy atom. The fraction of sp³-hybridized carbons (Fsp3) is 0.214. The lowest BCUT2D eigenvalue weighted by molar-refractivity contribution is 0.382. The number of hydrogen-bond acceptors (Lipinski definition) is 6. The first-order chi connectivity index (χ1) is 10.0. The third kappa shape index (κ3) is 3.79. The Morgan fingerprint density at radius 3 is 2.10 bits per heavy atom. The van der Waals surface area contributed by atoms with Crippen molar-refractivity contribution in [3.8, 4) is 23.3 Å². The average molecular weight is 305 g/mol. The summed E-state index contributed by atoms with van der Waals surface area (Å²) in [5.74, 6) is 1.70.